The second-order valence-corrected chi connectivity index (χ2v) is 23.5. The fourth-order valence-corrected chi connectivity index (χ4v) is 10.7. The average Bonchev–Trinajstić information content (AvgIpc) is 3.41. The zero-order valence-corrected chi connectivity index (χ0v) is 50.8. The summed E-state index contributed by atoms with van der Waals surface area (Å²) in [5.74, 6) is -0.0212. The van der Waals surface area contributed by atoms with E-state index in [1.807, 2.05) is 0 Å². The van der Waals surface area contributed by atoms with Crippen LogP contribution in [0.1, 0.15) is 380 Å². The van der Waals surface area contributed by atoms with Gasteiger partial charge in [-0.3, -0.25) is 9.59 Å². The number of esters is 1. The molecule has 0 heterocycles. The van der Waals surface area contributed by atoms with Gasteiger partial charge in [0, 0.05) is 12.8 Å². The van der Waals surface area contributed by atoms with Crippen LogP contribution in [0.4, 0.5) is 0 Å². The molecule has 0 bridgehead atoms. The summed E-state index contributed by atoms with van der Waals surface area (Å²) in [4.78, 5) is 24.5. The molecular formula is C69H133NO5. The Kier molecular flexibility index (Phi) is 63.4. The van der Waals surface area contributed by atoms with E-state index >= 15 is 0 Å². The number of ether oxygens (including phenoxy) is 1. The number of hydrogen-bond donors (Lipinski definition) is 3. The van der Waals surface area contributed by atoms with Crippen LogP contribution in [0.15, 0.2) is 24.3 Å². The smallest absolute Gasteiger partial charge is 0.305 e. The van der Waals surface area contributed by atoms with Crippen molar-refractivity contribution in [1.82, 2.24) is 5.32 Å². The highest BCUT2D eigenvalue weighted by Crippen LogP contribution is 2.18. The fourth-order valence-electron chi connectivity index (χ4n) is 10.7. The SMILES string of the molecule is CCCCCCCCC/C=C\CCCCCCCC(=O)OCCCCCCCCCCCCCC/C=C\CCCCCCCCCCCCCCCCCCC(=O)NC(CO)C(O)CCCCCCCCCCCC. The standard InChI is InChI=1S/C69H133NO5/c1-3-5-7-9-11-13-15-16-17-37-40-43-47-51-55-59-63-69(74)75-64-60-56-52-48-44-41-38-35-33-31-29-27-25-23-21-19-18-20-22-24-26-28-30-32-34-36-39-42-46-50-54-58-62-68(73)70-66(65-71)67(72)61-57-53-49-45-14-12-10-8-6-4-2/h17,21,23,37,66-67,71-72H,3-16,18-20,22,24-36,38-65H2,1-2H3,(H,70,73)/b23-21-,37-17-. The zero-order valence-electron chi connectivity index (χ0n) is 50.8. The van der Waals surface area contributed by atoms with Crippen molar-refractivity contribution in [1.29, 1.82) is 0 Å². The van der Waals surface area contributed by atoms with Crippen molar-refractivity contribution in [3.8, 4) is 0 Å². The zero-order chi connectivity index (χ0) is 54.3. The Morgan fingerprint density at radius 1 is 0.360 bits per heavy atom. The van der Waals surface area contributed by atoms with Crippen molar-refractivity contribution in [2.75, 3.05) is 13.2 Å². The third-order valence-electron chi connectivity index (χ3n) is 16.0. The Balaban J connectivity index is 3.32. The van der Waals surface area contributed by atoms with Gasteiger partial charge in [0.1, 0.15) is 0 Å². The summed E-state index contributed by atoms with van der Waals surface area (Å²) >= 11 is 0. The Bertz CT molecular complexity index is 1170. The lowest BCUT2D eigenvalue weighted by Gasteiger charge is -2.22. The van der Waals surface area contributed by atoms with Crippen molar-refractivity contribution in [2.45, 2.75) is 392 Å². The van der Waals surface area contributed by atoms with Crippen LogP contribution in [0, 0.1) is 0 Å². The summed E-state index contributed by atoms with van der Waals surface area (Å²) < 4.78 is 5.49. The van der Waals surface area contributed by atoms with E-state index in [-0.39, 0.29) is 18.5 Å². The monoisotopic (exact) mass is 1060 g/mol. The van der Waals surface area contributed by atoms with Crippen LogP contribution in [0.3, 0.4) is 0 Å². The summed E-state index contributed by atoms with van der Waals surface area (Å²) in [6, 6.07) is -0.537. The Morgan fingerprint density at radius 2 is 0.627 bits per heavy atom. The van der Waals surface area contributed by atoms with E-state index in [2.05, 4.69) is 43.5 Å². The molecule has 444 valence electrons. The van der Waals surface area contributed by atoms with Crippen LogP contribution in [-0.2, 0) is 14.3 Å². The van der Waals surface area contributed by atoms with Gasteiger partial charge in [0.05, 0.1) is 25.4 Å². The first-order valence-corrected chi connectivity index (χ1v) is 34.1. The highest BCUT2D eigenvalue weighted by Gasteiger charge is 2.20. The number of aliphatic hydroxyl groups excluding tert-OH is 2. The Labute approximate surface area is 469 Å². The first-order chi connectivity index (χ1) is 37.0. The molecular weight excluding hydrogens is 923 g/mol. The molecule has 6 heteroatoms. The molecule has 0 rings (SSSR count). The van der Waals surface area contributed by atoms with Crippen LogP contribution in [0.5, 0.6) is 0 Å². The third-order valence-corrected chi connectivity index (χ3v) is 16.0. The van der Waals surface area contributed by atoms with Gasteiger partial charge in [-0.05, 0) is 77.0 Å². The lowest BCUT2D eigenvalue weighted by Crippen LogP contribution is -2.45. The van der Waals surface area contributed by atoms with Gasteiger partial charge < -0.3 is 20.3 Å². The Hall–Kier alpha value is -1.66. The summed E-state index contributed by atoms with van der Waals surface area (Å²) in [6.45, 7) is 4.96. The maximum absolute atomic E-state index is 12.4. The molecule has 0 aromatic rings. The minimum absolute atomic E-state index is 0.0112. The van der Waals surface area contributed by atoms with Crippen LogP contribution >= 0.6 is 0 Å². The number of unbranched alkanes of at least 4 members (excludes halogenated alkanes) is 49. The van der Waals surface area contributed by atoms with Gasteiger partial charge in [0.25, 0.3) is 0 Å². The van der Waals surface area contributed by atoms with Crippen LogP contribution in [0.25, 0.3) is 0 Å². The summed E-state index contributed by atoms with van der Waals surface area (Å²) in [7, 11) is 0. The number of rotatable bonds is 64. The number of aliphatic hydroxyl groups is 2. The number of allylic oxidation sites excluding steroid dienone is 4. The van der Waals surface area contributed by atoms with E-state index in [9.17, 15) is 19.8 Å². The van der Waals surface area contributed by atoms with Gasteiger partial charge in [-0.2, -0.15) is 0 Å². The van der Waals surface area contributed by atoms with Crippen LogP contribution in [0.2, 0.25) is 0 Å². The van der Waals surface area contributed by atoms with Gasteiger partial charge in [-0.1, -0.05) is 314 Å². The van der Waals surface area contributed by atoms with Gasteiger partial charge >= 0.3 is 5.97 Å². The largest absolute Gasteiger partial charge is 0.466 e. The lowest BCUT2D eigenvalue weighted by atomic mass is 10.0. The third kappa shape index (κ3) is 61.4. The van der Waals surface area contributed by atoms with E-state index in [1.165, 1.54) is 302 Å². The topological polar surface area (TPSA) is 95.9 Å². The lowest BCUT2D eigenvalue weighted by molar-refractivity contribution is -0.143. The molecule has 2 unspecified atom stereocenters. The van der Waals surface area contributed by atoms with E-state index in [4.69, 9.17) is 4.74 Å². The molecule has 6 nitrogen and oxygen atoms in total. The number of hydrogen-bond acceptors (Lipinski definition) is 5. The first-order valence-electron chi connectivity index (χ1n) is 34.1. The molecule has 0 aromatic heterocycles. The van der Waals surface area contributed by atoms with E-state index in [0.717, 1.165) is 44.9 Å². The Morgan fingerprint density at radius 3 is 0.947 bits per heavy atom. The summed E-state index contributed by atoms with van der Waals surface area (Å²) in [6.07, 6.45) is 80.9. The van der Waals surface area contributed by atoms with E-state index < -0.39 is 12.1 Å². The molecule has 0 saturated heterocycles. The fraction of sp³-hybridized carbons (Fsp3) is 0.913. The molecule has 0 saturated carbocycles. The normalized spacial score (nSPS) is 12.6. The number of carbonyl (C=O) groups is 2. The minimum Gasteiger partial charge on any atom is -0.466 e. The summed E-state index contributed by atoms with van der Waals surface area (Å²) in [5.41, 5.74) is 0. The quantitative estimate of drug-likeness (QED) is 0.0320. The number of amides is 1. The van der Waals surface area contributed by atoms with Gasteiger partial charge in [-0.15, -0.1) is 0 Å². The number of nitrogens with one attached hydrogen (secondary N) is 1. The average molecular weight is 1060 g/mol. The highest BCUT2D eigenvalue weighted by molar-refractivity contribution is 5.76. The molecule has 0 radical (unpaired) electrons. The first kappa shape index (κ1) is 73.3. The molecule has 0 fully saturated rings. The van der Waals surface area contributed by atoms with Crippen LogP contribution < -0.4 is 5.32 Å². The maximum atomic E-state index is 12.4. The van der Waals surface area contributed by atoms with Crippen molar-refractivity contribution in [3.05, 3.63) is 24.3 Å². The van der Waals surface area contributed by atoms with Crippen molar-refractivity contribution >= 4 is 11.9 Å². The molecule has 0 aliphatic heterocycles. The molecule has 75 heavy (non-hydrogen) atoms. The van der Waals surface area contributed by atoms with Crippen molar-refractivity contribution in [3.63, 3.8) is 0 Å². The maximum Gasteiger partial charge on any atom is 0.305 e. The molecule has 0 aliphatic rings. The summed E-state index contributed by atoms with van der Waals surface area (Å²) in [5, 5.41) is 23.2. The molecule has 0 aromatic carbocycles. The second-order valence-electron chi connectivity index (χ2n) is 23.5. The molecule has 1 amide bonds. The highest BCUT2D eigenvalue weighted by atomic mass is 16.5. The molecule has 0 spiro atoms. The van der Waals surface area contributed by atoms with Crippen molar-refractivity contribution in [2.24, 2.45) is 0 Å². The van der Waals surface area contributed by atoms with E-state index in [0.29, 0.717) is 25.9 Å². The predicted octanol–water partition coefficient (Wildman–Crippen LogP) is 21.8. The van der Waals surface area contributed by atoms with Gasteiger partial charge in [0.15, 0.2) is 0 Å². The van der Waals surface area contributed by atoms with E-state index in [1.54, 1.807) is 0 Å². The predicted molar refractivity (Wildman–Crippen MR) is 329 cm³/mol. The molecule has 0 aliphatic carbocycles. The van der Waals surface area contributed by atoms with Gasteiger partial charge in [-0.25, -0.2) is 0 Å². The molecule has 3 N–H and O–H groups in total. The van der Waals surface area contributed by atoms with Crippen molar-refractivity contribution < 1.29 is 24.5 Å². The number of carbonyl (C=O) groups excluding carboxylic acids is 2. The van der Waals surface area contributed by atoms with Gasteiger partial charge in [0.2, 0.25) is 5.91 Å². The minimum atomic E-state index is -0.660. The molecule has 2 atom stereocenters. The second kappa shape index (κ2) is 64.9. The van der Waals surface area contributed by atoms with Crippen LogP contribution in [-0.4, -0.2) is 47.4 Å².